The van der Waals surface area contributed by atoms with Crippen LogP contribution in [0.15, 0.2) is 27.7 Å². The van der Waals surface area contributed by atoms with Crippen molar-refractivity contribution in [2.45, 2.75) is 0 Å². The normalized spacial score (nSPS) is 15.8. The monoisotopic (exact) mass is 202 g/mol. The number of rotatable bonds is 0. The van der Waals surface area contributed by atoms with Crippen LogP contribution in [0.25, 0.3) is 0 Å². The summed E-state index contributed by atoms with van der Waals surface area (Å²) in [5, 5.41) is 3.81. The van der Waals surface area contributed by atoms with E-state index < -0.39 is 0 Å². The van der Waals surface area contributed by atoms with Crippen molar-refractivity contribution >= 4 is 23.5 Å². The molecule has 0 amide bonds. The van der Waals surface area contributed by atoms with E-state index in [2.05, 4.69) is 27.2 Å². The summed E-state index contributed by atoms with van der Waals surface area (Å²) in [6.07, 6.45) is 2.14. The first kappa shape index (κ1) is 9.57. The molecule has 0 unspecified atom stereocenters. The molecule has 66 valence electrons. The van der Waals surface area contributed by atoms with E-state index in [1.165, 1.54) is 17.6 Å². The molecule has 1 aliphatic heterocycles. The Kier molecular flexibility index (Phi) is 4.13. The first-order valence-electron chi connectivity index (χ1n) is 3.44. The Bertz CT molecular complexity index is 267. The highest BCUT2D eigenvalue weighted by atomic mass is 32.2. The molecule has 3 nitrogen and oxygen atoms in total. The van der Waals surface area contributed by atoms with E-state index >= 15 is 0 Å². The topological polar surface area (TPSA) is 36.1 Å². The van der Waals surface area contributed by atoms with E-state index in [0.29, 0.717) is 0 Å². The second kappa shape index (κ2) is 5.18. The minimum absolute atomic E-state index is 0.0139. The number of hydrogen-bond acceptors (Lipinski definition) is 4. The number of nitrogens with one attached hydrogen (secondary N) is 1. The van der Waals surface area contributed by atoms with Gasteiger partial charge >= 0.3 is 0 Å². The third-order valence-electron chi connectivity index (χ3n) is 1.15. The van der Waals surface area contributed by atoms with Gasteiger partial charge in [0.25, 0.3) is 5.56 Å². The van der Waals surface area contributed by atoms with Gasteiger partial charge in [0.1, 0.15) is 0 Å². The molecule has 0 spiro atoms. The second-order valence-corrected chi connectivity index (χ2v) is 3.99. The van der Waals surface area contributed by atoms with Crippen LogP contribution in [-0.4, -0.2) is 22.3 Å². The first-order chi connectivity index (χ1) is 5.79. The maximum atomic E-state index is 10.0. The molecule has 0 radical (unpaired) electrons. The molecule has 2 rings (SSSR count). The average molecular weight is 202 g/mol. The third kappa shape index (κ3) is 3.75. The highest BCUT2D eigenvalue weighted by Gasteiger charge is 1.96. The predicted molar refractivity (Wildman–Crippen MR) is 54.3 cm³/mol. The molecule has 1 N–H and O–H groups in total. The van der Waals surface area contributed by atoms with E-state index in [9.17, 15) is 4.79 Å². The zero-order valence-electron chi connectivity index (χ0n) is 6.69. The Balaban J connectivity index is 0.000000120. The summed E-state index contributed by atoms with van der Waals surface area (Å²) in [5.41, 5.74) is -0.0139. The van der Waals surface area contributed by atoms with Crippen LogP contribution in [0.3, 0.4) is 0 Å². The molecule has 1 aromatic rings. The highest BCUT2D eigenvalue weighted by molar-refractivity contribution is 8.00. The fourth-order valence-corrected chi connectivity index (χ4v) is 1.60. The highest BCUT2D eigenvalue weighted by Crippen LogP contribution is 2.13. The molecule has 0 saturated carbocycles. The molecular weight excluding hydrogens is 192 g/mol. The summed E-state index contributed by atoms with van der Waals surface area (Å²) in [6.45, 7) is 1.10. The number of likely N-dealkylation sites (N-methyl/N-ethyl adjacent to an activating group) is 1. The lowest BCUT2D eigenvalue weighted by molar-refractivity contribution is 0.650. The number of aromatic amines is 1. The summed E-state index contributed by atoms with van der Waals surface area (Å²) in [5.74, 6) is 0. The van der Waals surface area contributed by atoms with Crippen molar-refractivity contribution < 1.29 is 0 Å². The fourth-order valence-electron chi connectivity index (χ4n) is 0.603. The van der Waals surface area contributed by atoms with Gasteiger partial charge in [0, 0.05) is 18.0 Å². The Hall–Kier alpha value is -0.520. The molecule has 0 saturated heterocycles. The van der Waals surface area contributed by atoms with Crippen LogP contribution in [0.5, 0.6) is 0 Å². The Morgan fingerprint density at radius 3 is 2.67 bits per heavy atom. The van der Waals surface area contributed by atoms with Gasteiger partial charge in [-0.05, 0) is 12.5 Å². The lowest BCUT2D eigenvalue weighted by Crippen LogP contribution is -2.01. The molecule has 0 aliphatic carbocycles. The van der Waals surface area contributed by atoms with Gasteiger partial charge in [-0.2, -0.15) is 0 Å². The summed E-state index contributed by atoms with van der Waals surface area (Å²) >= 11 is 3.05. The van der Waals surface area contributed by atoms with Crippen molar-refractivity contribution in [1.29, 1.82) is 0 Å². The van der Waals surface area contributed by atoms with Crippen LogP contribution in [0, 0.1) is 0 Å². The van der Waals surface area contributed by atoms with Crippen LogP contribution >= 0.6 is 23.5 Å². The quantitative estimate of drug-likeness (QED) is 0.648. The number of H-pyrrole nitrogens is 1. The van der Waals surface area contributed by atoms with Crippen molar-refractivity contribution in [2.75, 3.05) is 13.6 Å². The lowest BCUT2D eigenvalue weighted by atomic mass is 10.6. The zero-order chi connectivity index (χ0) is 8.81. The van der Waals surface area contributed by atoms with E-state index in [-0.39, 0.29) is 5.56 Å². The standard InChI is InChI=1S/C4H7NS.C3H3NOS/c1-5-3-2-4-6-5;5-3-1-2-6-4-3/h2,4H,3H2,1H3;1-2H,(H,4,5). The van der Waals surface area contributed by atoms with Crippen molar-refractivity contribution in [3.8, 4) is 0 Å². The molecule has 0 atom stereocenters. The fraction of sp³-hybridized carbons (Fsp3) is 0.286. The van der Waals surface area contributed by atoms with E-state index in [1.807, 2.05) is 0 Å². The SMILES string of the molecule is CN1CC=CS1.O=c1ccs[nH]1. The van der Waals surface area contributed by atoms with Crippen molar-refractivity contribution in [3.63, 3.8) is 0 Å². The van der Waals surface area contributed by atoms with Gasteiger partial charge in [0.15, 0.2) is 0 Å². The third-order valence-corrected chi connectivity index (χ3v) is 2.56. The van der Waals surface area contributed by atoms with Gasteiger partial charge in [-0.3, -0.25) is 9.17 Å². The molecule has 0 fully saturated rings. The van der Waals surface area contributed by atoms with Crippen molar-refractivity contribution in [1.82, 2.24) is 8.68 Å². The van der Waals surface area contributed by atoms with Gasteiger partial charge in [-0.25, -0.2) is 4.31 Å². The molecule has 12 heavy (non-hydrogen) atoms. The minimum atomic E-state index is -0.0139. The smallest absolute Gasteiger partial charge is 0.257 e. The molecule has 0 aromatic carbocycles. The molecule has 0 bridgehead atoms. The number of hydrogen-bond donors (Lipinski definition) is 1. The van der Waals surface area contributed by atoms with Gasteiger partial charge in [0.2, 0.25) is 0 Å². The van der Waals surface area contributed by atoms with Crippen LogP contribution in [0.1, 0.15) is 0 Å². The van der Waals surface area contributed by atoms with Crippen LogP contribution in [0.2, 0.25) is 0 Å². The average Bonchev–Trinajstić information content (AvgIpc) is 2.63. The summed E-state index contributed by atoms with van der Waals surface area (Å²) < 4.78 is 4.65. The van der Waals surface area contributed by atoms with Gasteiger partial charge in [0.05, 0.1) is 0 Å². The Morgan fingerprint density at radius 2 is 2.50 bits per heavy atom. The maximum Gasteiger partial charge on any atom is 0.257 e. The molecule has 2 heterocycles. The minimum Gasteiger partial charge on any atom is -0.278 e. The Labute approximate surface area is 79.4 Å². The van der Waals surface area contributed by atoms with Gasteiger partial charge < -0.3 is 0 Å². The van der Waals surface area contributed by atoms with E-state index in [1.54, 1.807) is 17.3 Å². The van der Waals surface area contributed by atoms with E-state index in [4.69, 9.17) is 0 Å². The molecule has 1 aromatic heterocycles. The first-order valence-corrected chi connectivity index (χ1v) is 5.16. The van der Waals surface area contributed by atoms with Crippen LogP contribution in [-0.2, 0) is 0 Å². The molecular formula is C7H10N2OS2. The maximum absolute atomic E-state index is 10.0. The summed E-state index contributed by atoms with van der Waals surface area (Å²) in [7, 11) is 2.07. The summed E-state index contributed by atoms with van der Waals surface area (Å²) in [4.78, 5) is 10.0. The summed E-state index contributed by atoms with van der Waals surface area (Å²) in [6, 6.07) is 1.49. The van der Waals surface area contributed by atoms with Crippen molar-refractivity contribution in [2.24, 2.45) is 0 Å². The van der Waals surface area contributed by atoms with Gasteiger partial charge in [-0.15, -0.1) is 0 Å². The van der Waals surface area contributed by atoms with Crippen LogP contribution < -0.4 is 5.56 Å². The molecule has 1 aliphatic rings. The van der Waals surface area contributed by atoms with Crippen molar-refractivity contribution in [3.05, 3.63) is 33.3 Å². The molecule has 5 heteroatoms. The second-order valence-electron chi connectivity index (χ2n) is 2.17. The van der Waals surface area contributed by atoms with Crippen LogP contribution in [0.4, 0.5) is 0 Å². The Morgan fingerprint density at radius 1 is 1.67 bits per heavy atom. The number of aromatic nitrogens is 1. The lowest BCUT2D eigenvalue weighted by Gasteiger charge is -1.99. The number of nitrogens with zero attached hydrogens (tertiary/aromatic N) is 1. The van der Waals surface area contributed by atoms with E-state index in [0.717, 1.165) is 6.54 Å². The zero-order valence-corrected chi connectivity index (χ0v) is 8.32. The van der Waals surface area contributed by atoms with Gasteiger partial charge in [-0.1, -0.05) is 29.6 Å². The predicted octanol–water partition coefficient (Wildman–Crippen LogP) is 1.53. The largest absolute Gasteiger partial charge is 0.278 e.